The van der Waals surface area contributed by atoms with Crippen LogP contribution in [0.5, 0.6) is 0 Å². The van der Waals surface area contributed by atoms with Crippen molar-refractivity contribution in [1.82, 2.24) is 9.97 Å². The molecule has 0 saturated heterocycles. The molecule has 1 aromatic rings. The van der Waals surface area contributed by atoms with E-state index in [4.69, 9.17) is 5.73 Å². The van der Waals surface area contributed by atoms with Gasteiger partial charge < -0.3 is 5.73 Å². The molecule has 1 aliphatic rings. The van der Waals surface area contributed by atoms with E-state index in [0.29, 0.717) is 5.92 Å². The van der Waals surface area contributed by atoms with Crippen molar-refractivity contribution in [2.45, 2.75) is 44.6 Å². The Morgan fingerprint density at radius 1 is 1.57 bits per heavy atom. The number of aromatic nitrogens is 2. The Hall–Kier alpha value is -0.960. The molecule has 76 valence electrons. The standard InChI is InChI=1S/C11H17N3/c1-2-3-9(12)11-13-7-6-10(14-11)8-4-5-8/h6-9H,2-5,12H2,1H3. The third-order valence-corrected chi connectivity index (χ3v) is 2.62. The Morgan fingerprint density at radius 2 is 2.36 bits per heavy atom. The highest BCUT2D eigenvalue weighted by Gasteiger charge is 2.25. The van der Waals surface area contributed by atoms with Crippen molar-refractivity contribution in [3.8, 4) is 0 Å². The van der Waals surface area contributed by atoms with Crippen LogP contribution in [0.1, 0.15) is 56.1 Å². The molecular formula is C11H17N3. The van der Waals surface area contributed by atoms with Crippen molar-refractivity contribution in [2.24, 2.45) is 5.73 Å². The average molecular weight is 191 g/mol. The van der Waals surface area contributed by atoms with Crippen LogP contribution in [0, 0.1) is 0 Å². The second-order valence-electron chi connectivity index (χ2n) is 4.01. The van der Waals surface area contributed by atoms with Crippen LogP contribution < -0.4 is 5.73 Å². The van der Waals surface area contributed by atoms with Gasteiger partial charge in [0.25, 0.3) is 0 Å². The van der Waals surface area contributed by atoms with Crippen molar-refractivity contribution >= 4 is 0 Å². The predicted molar refractivity (Wildman–Crippen MR) is 55.8 cm³/mol. The van der Waals surface area contributed by atoms with E-state index in [2.05, 4.69) is 16.9 Å². The van der Waals surface area contributed by atoms with Gasteiger partial charge in [0.05, 0.1) is 6.04 Å². The second kappa shape index (κ2) is 4.05. The zero-order chi connectivity index (χ0) is 9.97. The molecule has 0 spiro atoms. The number of nitrogens with zero attached hydrogens (tertiary/aromatic N) is 2. The Morgan fingerprint density at radius 3 is 3.00 bits per heavy atom. The molecule has 3 nitrogen and oxygen atoms in total. The summed E-state index contributed by atoms with van der Waals surface area (Å²) in [5.41, 5.74) is 7.15. The van der Waals surface area contributed by atoms with Gasteiger partial charge >= 0.3 is 0 Å². The zero-order valence-electron chi connectivity index (χ0n) is 8.61. The molecule has 3 heteroatoms. The van der Waals surface area contributed by atoms with Gasteiger partial charge in [-0.2, -0.15) is 0 Å². The molecule has 0 aromatic carbocycles. The minimum Gasteiger partial charge on any atom is -0.321 e. The van der Waals surface area contributed by atoms with Crippen molar-refractivity contribution in [3.63, 3.8) is 0 Å². The maximum absolute atomic E-state index is 5.97. The van der Waals surface area contributed by atoms with Crippen molar-refractivity contribution < 1.29 is 0 Å². The van der Waals surface area contributed by atoms with Gasteiger partial charge in [-0.3, -0.25) is 0 Å². The summed E-state index contributed by atoms with van der Waals surface area (Å²) in [7, 11) is 0. The van der Waals surface area contributed by atoms with Crippen LogP contribution in [-0.2, 0) is 0 Å². The molecule has 0 amide bonds. The minimum atomic E-state index is 0.0127. The van der Waals surface area contributed by atoms with Gasteiger partial charge in [0.2, 0.25) is 0 Å². The molecule has 1 fully saturated rings. The molecule has 2 N–H and O–H groups in total. The van der Waals surface area contributed by atoms with E-state index in [9.17, 15) is 0 Å². The topological polar surface area (TPSA) is 51.8 Å². The molecule has 2 rings (SSSR count). The number of rotatable bonds is 4. The lowest BCUT2D eigenvalue weighted by Crippen LogP contribution is -2.14. The lowest BCUT2D eigenvalue weighted by atomic mass is 10.1. The molecule has 1 heterocycles. The molecular weight excluding hydrogens is 174 g/mol. The van der Waals surface area contributed by atoms with Gasteiger partial charge in [-0.1, -0.05) is 13.3 Å². The first-order valence-corrected chi connectivity index (χ1v) is 5.39. The fourth-order valence-corrected chi connectivity index (χ4v) is 1.61. The fourth-order valence-electron chi connectivity index (χ4n) is 1.61. The fraction of sp³-hybridized carbons (Fsp3) is 0.636. The first-order valence-electron chi connectivity index (χ1n) is 5.39. The highest BCUT2D eigenvalue weighted by Crippen LogP contribution is 2.38. The predicted octanol–water partition coefficient (Wildman–Crippen LogP) is 2.15. The van der Waals surface area contributed by atoms with Crippen LogP contribution in [0.2, 0.25) is 0 Å². The van der Waals surface area contributed by atoms with E-state index in [-0.39, 0.29) is 6.04 Å². The monoisotopic (exact) mass is 191 g/mol. The molecule has 0 bridgehead atoms. The summed E-state index contributed by atoms with van der Waals surface area (Å²) in [6.07, 6.45) is 6.44. The van der Waals surface area contributed by atoms with Crippen LogP contribution in [0.15, 0.2) is 12.3 Å². The van der Waals surface area contributed by atoms with Gasteiger partial charge in [0.15, 0.2) is 0 Å². The third-order valence-electron chi connectivity index (χ3n) is 2.62. The van der Waals surface area contributed by atoms with Crippen LogP contribution in [0.25, 0.3) is 0 Å². The maximum atomic E-state index is 5.97. The molecule has 1 aromatic heterocycles. The summed E-state index contributed by atoms with van der Waals surface area (Å²) < 4.78 is 0. The lowest BCUT2D eigenvalue weighted by Gasteiger charge is -2.09. The molecule has 1 saturated carbocycles. The first kappa shape index (κ1) is 9.59. The summed E-state index contributed by atoms with van der Waals surface area (Å²) in [4.78, 5) is 8.75. The quantitative estimate of drug-likeness (QED) is 0.793. The second-order valence-corrected chi connectivity index (χ2v) is 4.01. The van der Waals surface area contributed by atoms with Gasteiger partial charge in [0.1, 0.15) is 5.82 Å². The van der Waals surface area contributed by atoms with E-state index in [1.807, 2.05) is 12.3 Å². The summed E-state index contributed by atoms with van der Waals surface area (Å²) in [6, 6.07) is 2.03. The van der Waals surface area contributed by atoms with E-state index in [1.165, 1.54) is 18.5 Å². The Balaban J connectivity index is 2.12. The largest absolute Gasteiger partial charge is 0.321 e. The Kier molecular flexibility index (Phi) is 2.77. The Bertz CT molecular complexity index is 307. The molecule has 0 aliphatic heterocycles. The van der Waals surface area contributed by atoms with Gasteiger partial charge in [-0.05, 0) is 25.3 Å². The summed E-state index contributed by atoms with van der Waals surface area (Å²) in [5, 5.41) is 0. The van der Waals surface area contributed by atoms with Crippen LogP contribution >= 0.6 is 0 Å². The molecule has 0 radical (unpaired) electrons. The first-order chi connectivity index (χ1) is 6.81. The summed E-state index contributed by atoms with van der Waals surface area (Å²) in [5.74, 6) is 1.50. The third kappa shape index (κ3) is 2.10. The highest BCUT2D eigenvalue weighted by molar-refractivity contribution is 5.14. The van der Waals surface area contributed by atoms with Crippen molar-refractivity contribution in [2.75, 3.05) is 0 Å². The van der Waals surface area contributed by atoms with E-state index in [1.54, 1.807) is 0 Å². The number of hydrogen-bond acceptors (Lipinski definition) is 3. The summed E-state index contributed by atoms with van der Waals surface area (Å²) >= 11 is 0. The van der Waals surface area contributed by atoms with Crippen molar-refractivity contribution in [1.29, 1.82) is 0 Å². The van der Waals surface area contributed by atoms with E-state index < -0.39 is 0 Å². The van der Waals surface area contributed by atoms with Crippen molar-refractivity contribution in [3.05, 3.63) is 23.8 Å². The molecule has 1 unspecified atom stereocenters. The van der Waals surface area contributed by atoms with E-state index in [0.717, 1.165) is 18.7 Å². The highest BCUT2D eigenvalue weighted by atomic mass is 14.9. The molecule has 14 heavy (non-hydrogen) atoms. The number of hydrogen-bond donors (Lipinski definition) is 1. The van der Waals surface area contributed by atoms with Crippen LogP contribution in [0.4, 0.5) is 0 Å². The van der Waals surface area contributed by atoms with Gasteiger partial charge in [-0.15, -0.1) is 0 Å². The van der Waals surface area contributed by atoms with Crippen LogP contribution in [0.3, 0.4) is 0 Å². The lowest BCUT2D eigenvalue weighted by molar-refractivity contribution is 0.598. The molecule has 1 atom stereocenters. The number of nitrogens with two attached hydrogens (primary N) is 1. The normalized spacial score (nSPS) is 18.1. The Labute approximate surface area is 84.8 Å². The summed E-state index contributed by atoms with van der Waals surface area (Å²) in [6.45, 7) is 2.13. The van der Waals surface area contributed by atoms with Gasteiger partial charge in [-0.25, -0.2) is 9.97 Å². The average Bonchev–Trinajstić information content (AvgIpc) is 3.02. The molecule has 1 aliphatic carbocycles. The SMILES string of the molecule is CCCC(N)c1nccc(C2CC2)n1. The van der Waals surface area contributed by atoms with E-state index >= 15 is 0 Å². The minimum absolute atomic E-state index is 0.0127. The van der Waals surface area contributed by atoms with Gasteiger partial charge in [0, 0.05) is 17.8 Å². The van der Waals surface area contributed by atoms with Crippen LogP contribution in [-0.4, -0.2) is 9.97 Å². The zero-order valence-corrected chi connectivity index (χ0v) is 8.61. The maximum Gasteiger partial charge on any atom is 0.145 e. The smallest absolute Gasteiger partial charge is 0.145 e.